The zero-order chi connectivity index (χ0) is 21.8. The van der Waals surface area contributed by atoms with Crippen molar-refractivity contribution in [1.82, 2.24) is 4.90 Å². The maximum Gasteiger partial charge on any atom is 0.257 e. The van der Waals surface area contributed by atoms with Gasteiger partial charge in [-0.05, 0) is 76.6 Å². The molecule has 1 amide bonds. The lowest BCUT2D eigenvalue weighted by molar-refractivity contribution is -0.110. The van der Waals surface area contributed by atoms with E-state index in [1.165, 1.54) is 12.1 Å². The normalized spacial score (nSPS) is 14.6. The van der Waals surface area contributed by atoms with E-state index in [1.807, 2.05) is 18.2 Å². The fourth-order valence-electron chi connectivity index (χ4n) is 3.85. The smallest absolute Gasteiger partial charge is 0.257 e. The molecule has 3 N–H and O–H groups in total. The third-order valence-electron chi connectivity index (χ3n) is 5.39. The van der Waals surface area contributed by atoms with Gasteiger partial charge in [0.1, 0.15) is 5.82 Å². The van der Waals surface area contributed by atoms with Crippen molar-refractivity contribution in [3.05, 3.63) is 59.5 Å². The first-order valence-electron chi connectivity index (χ1n) is 10.4. The van der Waals surface area contributed by atoms with E-state index in [-0.39, 0.29) is 11.7 Å². The molecular formula is C24H31FN4O. The summed E-state index contributed by atoms with van der Waals surface area (Å²) >= 11 is 0. The number of nitrogens with one attached hydrogen (secondary N) is 3. The molecule has 1 aliphatic rings. The van der Waals surface area contributed by atoms with Crippen LogP contribution in [0.25, 0.3) is 5.57 Å². The van der Waals surface area contributed by atoms with E-state index in [1.54, 1.807) is 12.3 Å². The van der Waals surface area contributed by atoms with Crippen molar-refractivity contribution >= 4 is 28.5 Å². The van der Waals surface area contributed by atoms with E-state index in [2.05, 4.69) is 55.5 Å². The van der Waals surface area contributed by atoms with Crippen molar-refractivity contribution in [1.29, 1.82) is 0 Å². The summed E-state index contributed by atoms with van der Waals surface area (Å²) in [7, 11) is 0. The fraction of sp³-hybridized carbons (Fsp3) is 0.375. The maximum atomic E-state index is 13.4. The van der Waals surface area contributed by atoms with Gasteiger partial charge in [-0.25, -0.2) is 4.39 Å². The number of nitrogens with zero attached hydrogens (tertiary/aromatic N) is 1. The third kappa shape index (κ3) is 5.00. The molecule has 2 aromatic carbocycles. The number of halogens is 1. The van der Waals surface area contributed by atoms with Gasteiger partial charge in [-0.1, -0.05) is 0 Å². The number of carbonyl (C=O) groups excluding carboxylic acids is 1. The molecule has 0 radical (unpaired) electrons. The molecule has 0 spiro atoms. The molecule has 0 fully saturated rings. The Morgan fingerprint density at radius 2 is 1.83 bits per heavy atom. The van der Waals surface area contributed by atoms with Crippen LogP contribution in [0.3, 0.4) is 0 Å². The summed E-state index contributed by atoms with van der Waals surface area (Å²) in [6.07, 6.45) is 1.67. The highest BCUT2D eigenvalue weighted by Gasteiger charge is 2.24. The van der Waals surface area contributed by atoms with Crippen LogP contribution in [0.1, 0.15) is 38.8 Å². The minimum atomic E-state index is -0.369. The van der Waals surface area contributed by atoms with Crippen molar-refractivity contribution in [2.75, 3.05) is 29.0 Å². The number of hydrogen-bond acceptors (Lipinski definition) is 4. The number of fused-ring (bicyclic) bond motifs is 1. The molecule has 0 saturated heterocycles. The Labute approximate surface area is 178 Å². The highest BCUT2D eigenvalue weighted by Crippen LogP contribution is 2.32. The highest BCUT2D eigenvalue weighted by molar-refractivity contribution is 6.31. The maximum absolute atomic E-state index is 13.4. The minimum Gasteiger partial charge on any atom is -0.384 e. The van der Waals surface area contributed by atoms with Gasteiger partial charge in [0.2, 0.25) is 0 Å². The number of anilines is 3. The molecule has 0 bridgehead atoms. The van der Waals surface area contributed by atoms with Gasteiger partial charge in [-0.2, -0.15) is 0 Å². The lowest BCUT2D eigenvalue weighted by atomic mass is 10.1. The predicted molar refractivity (Wildman–Crippen MR) is 123 cm³/mol. The van der Waals surface area contributed by atoms with Crippen LogP contribution in [0, 0.1) is 12.7 Å². The summed E-state index contributed by atoms with van der Waals surface area (Å²) in [4.78, 5) is 14.7. The second-order valence-electron chi connectivity index (χ2n) is 8.23. The quantitative estimate of drug-likeness (QED) is 0.532. The minimum absolute atomic E-state index is 0.238. The summed E-state index contributed by atoms with van der Waals surface area (Å²) in [5.74, 6) is -0.607. The molecular weight excluding hydrogens is 379 g/mol. The Hall–Kier alpha value is -2.86. The molecule has 1 aliphatic heterocycles. The van der Waals surface area contributed by atoms with Crippen LogP contribution >= 0.6 is 0 Å². The molecule has 0 aliphatic carbocycles. The van der Waals surface area contributed by atoms with E-state index >= 15 is 0 Å². The Morgan fingerprint density at radius 3 is 2.50 bits per heavy atom. The fourth-order valence-corrected chi connectivity index (χ4v) is 3.85. The van der Waals surface area contributed by atoms with E-state index in [0.29, 0.717) is 28.9 Å². The zero-order valence-corrected chi connectivity index (χ0v) is 18.3. The number of amides is 1. The molecule has 1 heterocycles. The van der Waals surface area contributed by atoms with Crippen LogP contribution in [-0.4, -0.2) is 36.0 Å². The van der Waals surface area contributed by atoms with Gasteiger partial charge in [0.15, 0.2) is 0 Å². The second kappa shape index (κ2) is 9.30. The Balaban J connectivity index is 1.64. The molecule has 30 heavy (non-hydrogen) atoms. The molecule has 3 rings (SSSR count). The predicted octanol–water partition coefficient (Wildman–Crippen LogP) is 5.07. The zero-order valence-electron chi connectivity index (χ0n) is 18.3. The lowest BCUT2D eigenvalue weighted by Gasteiger charge is -2.30. The average Bonchev–Trinajstić information content (AvgIpc) is 2.98. The van der Waals surface area contributed by atoms with Crippen molar-refractivity contribution < 1.29 is 9.18 Å². The standard InChI is InChI=1S/C24H31FN4O/c1-15(2)29(16(3)4)11-10-26-22-9-7-19(12-17(22)5)27-14-21-20-8-6-18(25)13-23(20)28-24(21)30/h6-9,12-16,26-27H,10-11H2,1-5H3,(H,28,30)/b21-14+. The molecule has 0 unspecified atom stereocenters. The SMILES string of the molecule is Cc1cc(N/C=C2/C(=O)Nc3cc(F)ccc32)ccc1NCCN(C(C)C)C(C)C. The van der Waals surface area contributed by atoms with Crippen LogP contribution in [0.2, 0.25) is 0 Å². The first-order valence-corrected chi connectivity index (χ1v) is 10.4. The monoisotopic (exact) mass is 410 g/mol. The van der Waals surface area contributed by atoms with E-state index in [4.69, 9.17) is 0 Å². The molecule has 6 heteroatoms. The molecule has 0 aromatic heterocycles. The first-order chi connectivity index (χ1) is 14.3. The largest absolute Gasteiger partial charge is 0.384 e. The van der Waals surface area contributed by atoms with E-state index < -0.39 is 0 Å². The summed E-state index contributed by atoms with van der Waals surface area (Å²) in [6, 6.07) is 11.4. The summed E-state index contributed by atoms with van der Waals surface area (Å²) in [5, 5.41) is 9.40. The van der Waals surface area contributed by atoms with Gasteiger partial charge < -0.3 is 16.0 Å². The van der Waals surface area contributed by atoms with Crippen LogP contribution in [-0.2, 0) is 4.79 Å². The number of benzene rings is 2. The van der Waals surface area contributed by atoms with Gasteiger partial charge in [-0.15, -0.1) is 0 Å². The average molecular weight is 411 g/mol. The van der Waals surface area contributed by atoms with Crippen LogP contribution < -0.4 is 16.0 Å². The van der Waals surface area contributed by atoms with E-state index in [0.717, 1.165) is 30.0 Å². The van der Waals surface area contributed by atoms with Crippen LogP contribution in [0.4, 0.5) is 21.5 Å². The van der Waals surface area contributed by atoms with Crippen molar-refractivity contribution in [2.45, 2.75) is 46.7 Å². The van der Waals surface area contributed by atoms with E-state index in [9.17, 15) is 9.18 Å². The highest BCUT2D eigenvalue weighted by atomic mass is 19.1. The van der Waals surface area contributed by atoms with Crippen molar-refractivity contribution in [3.8, 4) is 0 Å². The third-order valence-corrected chi connectivity index (χ3v) is 5.39. The van der Waals surface area contributed by atoms with Crippen molar-refractivity contribution in [3.63, 3.8) is 0 Å². The number of rotatable bonds is 8. The second-order valence-corrected chi connectivity index (χ2v) is 8.23. The van der Waals surface area contributed by atoms with Crippen LogP contribution in [0.15, 0.2) is 42.6 Å². The Bertz CT molecular complexity index is 944. The van der Waals surface area contributed by atoms with Gasteiger partial charge in [0.25, 0.3) is 5.91 Å². The van der Waals surface area contributed by atoms with Gasteiger partial charge in [0, 0.05) is 48.3 Å². The number of hydrogen-bond donors (Lipinski definition) is 3. The topological polar surface area (TPSA) is 56.4 Å². The molecule has 0 saturated carbocycles. The van der Waals surface area contributed by atoms with Crippen LogP contribution in [0.5, 0.6) is 0 Å². The summed E-state index contributed by atoms with van der Waals surface area (Å²) in [5.41, 5.74) is 4.80. The Morgan fingerprint density at radius 1 is 1.10 bits per heavy atom. The summed E-state index contributed by atoms with van der Waals surface area (Å²) < 4.78 is 13.4. The van der Waals surface area contributed by atoms with Gasteiger partial charge >= 0.3 is 0 Å². The van der Waals surface area contributed by atoms with Gasteiger partial charge in [-0.3, -0.25) is 9.69 Å². The lowest BCUT2D eigenvalue weighted by Crippen LogP contribution is -2.40. The molecule has 5 nitrogen and oxygen atoms in total. The number of aryl methyl sites for hydroxylation is 1. The molecule has 2 aromatic rings. The molecule has 160 valence electrons. The van der Waals surface area contributed by atoms with Gasteiger partial charge in [0.05, 0.1) is 11.3 Å². The first kappa shape index (κ1) is 21.8. The Kier molecular flexibility index (Phi) is 6.77. The van der Waals surface area contributed by atoms with Crippen molar-refractivity contribution in [2.24, 2.45) is 0 Å². The summed E-state index contributed by atoms with van der Waals surface area (Å²) in [6.45, 7) is 12.8. The number of carbonyl (C=O) groups is 1. The molecule has 0 atom stereocenters.